The summed E-state index contributed by atoms with van der Waals surface area (Å²) in [7, 11) is -0.898. The number of carbonyl (C=O) groups is 2. The molecule has 2 amide bonds. The van der Waals surface area contributed by atoms with Crippen molar-refractivity contribution in [3.63, 3.8) is 0 Å². The molecule has 0 aliphatic heterocycles. The minimum Gasteiger partial charge on any atom is -0.481 e. The maximum Gasteiger partial charge on any atom is 0.314 e. The second kappa shape index (κ2) is 7.35. The Bertz CT molecular complexity index is 331. The van der Waals surface area contributed by atoms with Crippen LogP contribution in [0.15, 0.2) is 0 Å². The summed E-state index contributed by atoms with van der Waals surface area (Å²) >= 11 is 0. The number of rotatable bonds is 7. The molecular formula is C11H22N2O4S. The van der Waals surface area contributed by atoms with Crippen LogP contribution in [0.25, 0.3) is 0 Å². The molecule has 2 atom stereocenters. The zero-order chi connectivity index (χ0) is 14.3. The average molecular weight is 278 g/mol. The molecule has 18 heavy (non-hydrogen) atoms. The molecule has 0 aromatic heterocycles. The van der Waals surface area contributed by atoms with Gasteiger partial charge in [-0.1, -0.05) is 6.92 Å². The summed E-state index contributed by atoms with van der Waals surface area (Å²) in [5, 5.41) is 14.0. The lowest BCUT2D eigenvalue weighted by atomic mass is 9.94. The highest BCUT2D eigenvalue weighted by molar-refractivity contribution is 7.84. The van der Waals surface area contributed by atoms with Crippen molar-refractivity contribution in [3.8, 4) is 0 Å². The molecule has 0 rings (SSSR count). The first-order valence-electron chi connectivity index (χ1n) is 5.74. The van der Waals surface area contributed by atoms with Gasteiger partial charge in [-0.2, -0.15) is 0 Å². The summed E-state index contributed by atoms with van der Waals surface area (Å²) in [6.45, 7) is 5.41. The fourth-order valence-corrected chi connectivity index (χ4v) is 1.44. The van der Waals surface area contributed by atoms with Crippen molar-refractivity contribution >= 4 is 22.8 Å². The first-order chi connectivity index (χ1) is 8.16. The Balaban J connectivity index is 3.86. The zero-order valence-electron chi connectivity index (χ0n) is 11.3. The number of hydrogen-bond donors (Lipinski definition) is 3. The van der Waals surface area contributed by atoms with Crippen LogP contribution in [-0.2, 0) is 15.6 Å². The molecule has 2 unspecified atom stereocenters. The molecule has 0 aliphatic rings. The van der Waals surface area contributed by atoms with E-state index in [0.29, 0.717) is 13.0 Å². The number of nitrogens with one attached hydrogen (secondary N) is 2. The highest BCUT2D eigenvalue weighted by Crippen LogP contribution is 2.12. The topological polar surface area (TPSA) is 95.5 Å². The number of carboxylic acid groups (broad SMARTS) is 1. The molecule has 0 heterocycles. The smallest absolute Gasteiger partial charge is 0.314 e. The monoisotopic (exact) mass is 278 g/mol. The summed E-state index contributed by atoms with van der Waals surface area (Å²) in [6, 6.07) is -0.404. The second-order valence-electron chi connectivity index (χ2n) is 4.90. The maximum absolute atomic E-state index is 11.4. The minimum absolute atomic E-state index is 0.0285. The van der Waals surface area contributed by atoms with Gasteiger partial charge in [0.25, 0.3) is 0 Å². The first kappa shape index (κ1) is 16.9. The Morgan fingerprint density at radius 3 is 2.33 bits per heavy atom. The second-order valence-corrected chi connectivity index (χ2v) is 6.70. The van der Waals surface area contributed by atoms with Crippen LogP contribution in [0, 0.1) is 5.41 Å². The van der Waals surface area contributed by atoms with Gasteiger partial charge >= 0.3 is 12.0 Å². The van der Waals surface area contributed by atoms with Gasteiger partial charge in [0.15, 0.2) is 0 Å². The standard InChI is InChI=1S/C11H22N2O4S/c1-8(18(4)17)5-6-12-10(16)13-7-11(2,3)9(14)15/h8H,5-7H2,1-4H3,(H,14,15)(H2,12,13,16). The highest BCUT2D eigenvalue weighted by atomic mass is 32.2. The summed E-state index contributed by atoms with van der Waals surface area (Å²) in [6.07, 6.45) is 2.25. The molecular weight excluding hydrogens is 256 g/mol. The molecule has 0 saturated heterocycles. The van der Waals surface area contributed by atoms with Gasteiger partial charge in [-0.25, -0.2) is 4.79 Å². The van der Waals surface area contributed by atoms with E-state index in [1.807, 2.05) is 6.92 Å². The van der Waals surface area contributed by atoms with Crippen molar-refractivity contribution in [2.75, 3.05) is 19.3 Å². The highest BCUT2D eigenvalue weighted by Gasteiger charge is 2.27. The van der Waals surface area contributed by atoms with E-state index in [4.69, 9.17) is 5.11 Å². The molecule has 0 radical (unpaired) electrons. The maximum atomic E-state index is 11.4. The minimum atomic E-state index is -0.991. The molecule has 0 spiro atoms. The average Bonchev–Trinajstić information content (AvgIpc) is 2.26. The molecule has 0 aromatic carbocycles. The Morgan fingerprint density at radius 1 is 1.33 bits per heavy atom. The van der Waals surface area contributed by atoms with Crippen LogP contribution < -0.4 is 10.6 Å². The summed E-state index contributed by atoms with van der Waals surface area (Å²) in [5.41, 5.74) is -0.991. The molecule has 0 aromatic rings. The van der Waals surface area contributed by atoms with Crippen LogP contribution in [0.4, 0.5) is 4.79 Å². The third kappa shape index (κ3) is 6.58. The Morgan fingerprint density at radius 2 is 1.89 bits per heavy atom. The number of carbonyl (C=O) groups excluding carboxylic acids is 1. The number of carboxylic acids is 1. The molecule has 0 saturated carbocycles. The van der Waals surface area contributed by atoms with Gasteiger partial charge in [-0.15, -0.1) is 0 Å². The zero-order valence-corrected chi connectivity index (χ0v) is 12.1. The number of urea groups is 1. The van der Waals surface area contributed by atoms with Crippen molar-refractivity contribution in [3.05, 3.63) is 0 Å². The van der Waals surface area contributed by atoms with E-state index in [0.717, 1.165) is 0 Å². The number of aliphatic carboxylic acids is 1. The van der Waals surface area contributed by atoms with Gasteiger partial charge in [-0.05, 0) is 20.3 Å². The van der Waals surface area contributed by atoms with Crippen LogP contribution >= 0.6 is 0 Å². The predicted molar refractivity (Wildman–Crippen MR) is 71.0 cm³/mol. The molecule has 0 fully saturated rings. The van der Waals surface area contributed by atoms with E-state index in [1.54, 1.807) is 6.26 Å². The van der Waals surface area contributed by atoms with Crippen molar-refractivity contribution in [2.45, 2.75) is 32.4 Å². The number of hydrogen-bond acceptors (Lipinski definition) is 3. The lowest BCUT2D eigenvalue weighted by Crippen LogP contribution is -2.44. The largest absolute Gasteiger partial charge is 0.481 e. The van der Waals surface area contributed by atoms with Gasteiger partial charge in [0, 0.05) is 35.4 Å². The van der Waals surface area contributed by atoms with Gasteiger partial charge in [0.05, 0.1) is 5.41 Å². The SMILES string of the molecule is CC(CCNC(=O)NCC(C)(C)C(=O)O)S(C)=O. The normalized spacial score (nSPS) is 14.7. The van der Waals surface area contributed by atoms with Crippen molar-refractivity contribution < 1.29 is 18.9 Å². The van der Waals surface area contributed by atoms with Crippen molar-refractivity contribution in [2.24, 2.45) is 5.41 Å². The van der Waals surface area contributed by atoms with E-state index in [2.05, 4.69) is 10.6 Å². The molecule has 7 heteroatoms. The van der Waals surface area contributed by atoms with Gasteiger partial charge in [0.1, 0.15) is 0 Å². The first-order valence-corrected chi connectivity index (χ1v) is 7.36. The van der Waals surface area contributed by atoms with E-state index in [-0.39, 0.29) is 11.8 Å². The predicted octanol–water partition coefficient (Wildman–Crippen LogP) is 0.554. The van der Waals surface area contributed by atoms with Crippen LogP contribution in [0.5, 0.6) is 0 Å². The van der Waals surface area contributed by atoms with Gasteiger partial charge < -0.3 is 15.7 Å². The van der Waals surface area contributed by atoms with Crippen LogP contribution in [-0.4, -0.2) is 45.9 Å². The summed E-state index contributed by atoms with van der Waals surface area (Å²) in [4.78, 5) is 22.2. The number of amides is 2. The molecule has 6 nitrogen and oxygen atoms in total. The summed E-state index contributed by atoms with van der Waals surface area (Å²) < 4.78 is 11.1. The summed E-state index contributed by atoms with van der Waals surface area (Å²) in [5.74, 6) is -0.960. The fraction of sp³-hybridized carbons (Fsp3) is 0.818. The van der Waals surface area contributed by atoms with E-state index < -0.39 is 28.2 Å². The third-order valence-corrected chi connectivity index (χ3v) is 4.04. The molecule has 106 valence electrons. The Labute approximate surface area is 110 Å². The molecule has 3 N–H and O–H groups in total. The van der Waals surface area contributed by atoms with Gasteiger partial charge in [-0.3, -0.25) is 9.00 Å². The van der Waals surface area contributed by atoms with E-state index in [9.17, 15) is 13.8 Å². The van der Waals surface area contributed by atoms with Crippen LogP contribution in [0.2, 0.25) is 0 Å². The molecule has 0 bridgehead atoms. The van der Waals surface area contributed by atoms with E-state index >= 15 is 0 Å². The van der Waals surface area contributed by atoms with Crippen LogP contribution in [0.3, 0.4) is 0 Å². The van der Waals surface area contributed by atoms with Gasteiger partial charge in [0.2, 0.25) is 0 Å². The lowest BCUT2D eigenvalue weighted by molar-refractivity contribution is -0.146. The molecule has 0 aliphatic carbocycles. The Hall–Kier alpha value is -1.11. The lowest BCUT2D eigenvalue weighted by Gasteiger charge is -2.19. The Kier molecular flexibility index (Phi) is 6.90. The van der Waals surface area contributed by atoms with E-state index in [1.165, 1.54) is 13.8 Å². The quantitative estimate of drug-likeness (QED) is 0.634. The third-order valence-electron chi connectivity index (χ3n) is 2.67. The fourth-order valence-electron chi connectivity index (χ4n) is 0.994. The van der Waals surface area contributed by atoms with Crippen molar-refractivity contribution in [1.82, 2.24) is 10.6 Å². The van der Waals surface area contributed by atoms with Crippen LogP contribution in [0.1, 0.15) is 27.2 Å². The van der Waals surface area contributed by atoms with Crippen molar-refractivity contribution in [1.29, 1.82) is 0 Å².